The summed E-state index contributed by atoms with van der Waals surface area (Å²) in [7, 11) is 3.09. The highest BCUT2D eigenvalue weighted by Crippen LogP contribution is 2.18. The maximum Gasteiger partial charge on any atom is 0.238 e. The molecule has 2 aromatic rings. The van der Waals surface area contributed by atoms with Crippen molar-refractivity contribution < 1.29 is 23.1 Å². The number of para-hydroxylation sites is 1. The third kappa shape index (κ3) is 5.52. The first-order valence-electron chi connectivity index (χ1n) is 7.75. The quantitative estimate of drug-likeness (QED) is 0.793. The van der Waals surface area contributed by atoms with Crippen molar-refractivity contribution in [3.63, 3.8) is 0 Å². The van der Waals surface area contributed by atoms with Crippen molar-refractivity contribution in [2.75, 3.05) is 37.9 Å². The Morgan fingerprint density at radius 1 is 0.962 bits per heavy atom. The number of anilines is 2. The molecule has 0 radical (unpaired) electrons. The minimum Gasteiger partial charge on any atom is -0.497 e. The van der Waals surface area contributed by atoms with Crippen molar-refractivity contribution >= 4 is 23.2 Å². The van der Waals surface area contributed by atoms with Gasteiger partial charge in [-0.25, -0.2) is 8.78 Å². The molecule has 0 saturated heterocycles. The summed E-state index contributed by atoms with van der Waals surface area (Å²) in [4.78, 5) is 25.3. The first-order chi connectivity index (χ1) is 12.4. The third-order valence-corrected chi connectivity index (χ3v) is 3.43. The molecule has 0 aromatic heterocycles. The van der Waals surface area contributed by atoms with E-state index in [1.165, 1.54) is 11.0 Å². The molecule has 0 heterocycles. The predicted molar refractivity (Wildman–Crippen MR) is 94.1 cm³/mol. The van der Waals surface area contributed by atoms with Crippen LogP contribution in [0.5, 0.6) is 5.75 Å². The van der Waals surface area contributed by atoms with E-state index >= 15 is 0 Å². The monoisotopic (exact) mass is 363 g/mol. The van der Waals surface area contributed by atoms with Crippen molar-refractivity contribution in [1.82, 2.24) is 4.90 Å². The molecule has 8 heteroatoms. The van der Waals surface area contributed by atoms with E-state index in [1.54, 1.807) is 38.4 Å². The maximum absolute atomic E-state index is 13.5. The zero-order valence-electron chi connectivity index (χ0n) is 14.4. The number of carbonyl (C=O) groups excluding carboxylic acids is 2. The van der Waals surface area contributed by atoms with Crippen LogP contribution in [0.15, 0.2) is 42.5 Å². The lowest BCUT2D eigenvalue weighted by Crippen LogP contribution is -2.36. The van der Waals surface area contributed by atoms with Crippen LogP contribution >= 0.6 is 0 Å². The first kappa shape index (κ1) is 19.3. The molecular weight excluding hydrogens is 344 g/mol. The van der Waals surface area contributed by atoms with E-state index < -0.39 is 23.2 Å². The molecule has 2 N–H and O–H groups in total. The van der Waals surface area contributed by atoms with E-state index in [0.717, 1.165) is 12.1 Å². The Morgan fingerprint density at radius 2 is 1.50 bits per heavy atom. The Labute approximate surface area is 149 Å². The Hall–Kier alpha value is -3.00. The van der Waals surface area contributed by atoms with Gasteiger partial charge < -0.3 is 15.4 Å². The van der Waals surface area contributed by atoms with E-state index in [1.807, 2.05) is 0 Å². The van der Waals surface area contributed by atoms with Gasteiger partial charge in [0.25, 0.3) is 0 Å². The second-order valence-corrected chi connectivity index (χ2v) is 5.59. The lowest BCUT2D eigenvalue weighted by atomic mass is 10.3. The number of rotatable bonds is 7. The maximum atomic E-state index is 13.5. The van der Waals surface area contributed by atoms with Gasteiger partial charge in [-0.1, -0.05) is 6.07 Å². The Morgan fingerprint density at radius 3 is 2.04 bits per heavy atom. The molecule has 0 bridgehead atoms. The molecule has 0 saturated carbocycles. The SMILES string of the molecule is COc1ccc(NC(=O)CN(C)CC(=O)Nc2c(F)cccc2F)cc1. The topological polar surface area (TPSA) is 70.7 Å². The predicted octanol–water partition coefficient (Wildman–Crippen LogP) is 2.48. The molecule has 0 spiro atoms. The van der Waals surface area contributed by atoms with Crippen LogP contribution in [-0.2, 0) is 9.59 Å². The molecule has 0 atom stereocenters. The molecule has 2 rings (SSSR count). The number of hydrogen-bond acceptors (Lipinski definition) is 4. The van der Waals surface area contributed by atoms with Gasteiger partial charge in [-0.05, 0) is 43.4 Å². The standard InChI is InChI=1S/C18H19F2N3O3/c1-23(10-16(24)21-12-6-8-13(26-2)9-7-12)11-17(25)22-18-14(19)4-3-5-15(18)20/h3-9H,10-11H2,1-2H3,(H,21,24)(H,22,25). The van der Waals surface area contributed by atoms with E-state index in [2.05, 4.69) is 10.6 Å². The van der Waals surface area contributed by atoms with Crippen molar-refractivity contribution in [3.05, 3.63) is 54.1 Å². The Kier molecular flexibility index (Phi) is 6.62. The van der Waals surface area contributed by atoms with Crippen molar-refractivity contribution in [2.45, 2.75) is 0 Å². The van der Waals surface area contributed by atoms with Gasteiger partial charge in [0, 0.05) is 5.69 Å². The molecule has 0 aliphatic heterocycles. The Bertz CT molecular complexity index is 762. The number of hydrogen-bond donors (Lipinski definition) is 2. The number of carbonyl (C=O) groups is 2. The normalized spacial score (nSPS) is 10.5. The zero-order chi connectivity index (χ0) is 19.1. The summed E-state index contributed by atoms with van der Waals surface area (Å²) in [5, 5.41) is 4.85. The number of methoxy groups -OCH3 is 1. The van der Waals surface area contributed by atoms with Gasteiger partial charge >= 0.3 is 0 Å². The number of nitrogens with zero attached hydrogens (tertiary/aromatic N) is 1. The molecule has 26 heavy (non-hydrogen) atoms. The highest BCUT2D eigenvalue weighted by molar-refractivity contribution is 5.94. The van der Waals surface area contributed by atoms with Crippen molar-refractivity contribution in [2.24, 2.45) is 0 Å². The van der Waals surface area contributed by atoms with Gasteiger partial charge in [0.1, 0.15) is 23.1 Å². The van der Waals surface area contributed by atoms with Crippen LogP contribution in [0.1, 0.15) is 0 Å². The molecule has 6 nitrogen and oxygen atoms in total. The van der Waals surface area contributed by atoms with Crippen LogP contribution in [0, 0.1) is 11.6 Å². The van der Waals surface area contributed by atoms with E-state index in [-0.39, 0.29) is 19.0 Å². The second kappa shape index (κ2) is 8.91. The summed E-state index contributed by atoms with van der Waals surface area (Å²) in [6, 6.07) is 10.1. The first-order valence-corrected chi connectivity index (χ1v) is 7.75. The highest BCUT2D eigenvalue weighted by Gasteiger charge is 2.15. The van der Waals surface area contributed by atoms with Crippen LogP contribution in [0.25, 0.3) is 0 Å². The van der Waals surface area contributed by atoms with Gasteiger partial charge in [-0.2, -0.15) is 0 Å². The van der Waals surface area contributed by atoms with Crippen molar-refractivity contribution in [1.29, 1.82) is 0 Å². The minimum atomic E-state index is -0.863. The number of halogens is 2. The van der Waals surface area contributed by atoms with Crippen LogP contribution < -0.4 is 15.4 Å². The van der Waals surface area contributed by atoms with Gasteiger partial charge in [0.2, 0.25) is 11.8 Å². The number of ether oxygens (including phenoxy) is 1. The minimum absolute atomic E-state index is 0.0702. The summed E-state index contributed by atoms with van der Waals surface area (Å²) >= 11 is 0. The van der Waals surface area contributed by atoms with E-state index in [0.29, 0.717) is 11.4 Å². The van der Waals surface area contributed by atoms with Crippen molar-refractivity contribution in [3.8, 4) is 5.75 Å². The molecule has 138 valence electrons. The lowest BCUT2D eigenvalue weighted by molar-refractivity contribution is -0.119. The number of amides is 2. The average Bonchev–Trinajstić information content (AvgIpc) is 2.58. The zero-order valence-corrected chi connectivity index (χ0v) is 14.4. The second-order valence-electron chi connectivity index (χ2n) is 5.59. The molecule has 0 unspecified atom stereocenters. The fraction of sp³-hybridized carbons (Fsp3) is 0.222. The summed E-state index contributed by atoms with van der Waals surface area (Å²) in [6.07, 6.45) is 0. The van der Waals surface area contributed by atoms with Crippen LogP contribution in [0.3, 0.4) is 0 Å². The molecule has 2 amide bonds. The highest BCUT2D eigenvalue weighted by atomic mass is 19.1. The molecule has 2 aromatic carbocycles. The number of likely N-dealkylation sites (N-methyl/N-ethyl adjacent to an activating group) is 1. The Balaban J connectivity index is 1.84. The molecule has 0 aliphatic rings. The fourth-order valence-electron chi connectivity index (χ4n) is 2.22. The van der Waals surface area contributed by atoms with Gasteiger partial charge in [0.05, 0.1) is 20.2 Å². The molecular formula is C18H19F2N3O3. The molecule has 0 aliphatic carbocycles. The van der Waals surface area contributed by atoms with Crippen LogP contribution in [-0.4, -0.2) is 44.0 Å². The summed E-state index contributed by atoms with van der Waals surface area (Å²) < 4.78 is 32.1. The number of benzene rings is 2. The average molecular weight is 363 g/mol. The van der Waals surface area contributed by atoms with Gasteiger partial charge in [-0.3, -0.25) is 14.5 Å². The third-order valence-electron chi connectivity index (χ3n) is 3.43. The largest absolute Gasteiger partial charge is 0.497 e. The summed E-state index contributed by atoms with van der Waals surface area (Å²) in [5.41, 5.74) is 0.0793. The summed E-state index contributed by atoms with van der Waals surface area (Å²) in [6.45, 7) is -0.275. The number of nitrogens with one attached hydrogen (secondary N) is 2. The lowest BCUT2D eigenvalue weighted by Gasteiger charge is -2.16. The van der Waals surface area contributed by atoms with Crippen LogP contribution in [0.2, 0.25) is 0 Å². The van der Waals surface area contributed by atoms with Gasteiger partial charge in [0.15, 0.2) is 0 Å². The molecule has 0 fully saturated rings. The van der Waals surface area contributed by atoms with E-state index in [9.17, 15) is 18.4 Å². The smallest absolute Gasteiger partial charge is 0.238 e. The summed E-state index contributed by atoms with van der Waals surface area (Å²) in [5.74, 6) is -2.02. The van der Waals surface area contributed by atoms with Crippen LogP contribution in [0.4, 0.5) is 20.2 Å². The fourth-order valence-corrected chi connectivity index (χ4v) is 2.22. The van der Waals surface area contributed by atoms with E-state index in [4.69, 9.17) is 4.74 Å². The van der Waals surface area contributed by atoms with Gasteiger partial charge in [-0.15, -0.1) is 0 Å².